The Labute approximate surface area is 151 Å². The predicted molar refractivity (Wildman–Crippen MR) is 98.1 cm³/mol. The Bertz CT molecular complexity index is 516. The van der Waals surface area contributed by atoms with Crippen LogP contribution < -0.4 is 0 Å². The molecular formula is C20H31NO4. The summed E-state index contributed by atoms with van der Waals surface area (Å²) in [5, 5.41) is 0. The second-order valence-electron chi connectivity index (χ2n) is 6.67. The molecule has 1 amide bonds. The van der Waals surface area contributed by atoms with Crippen LogP contribution in [0, 0.1) is 5.92 Å². The summed E-state index contributed by atoms with van der Waals surface area (Å²) in [5.74, 6) is -0.0958. The molecule has 0 aliphatic carbocycles. The molecule has 1 rings (SSSR count). The van der Waals surface area contributed by atoms with Crippen molar-refractivity contribution in [3.63, 3.8) is 0 Å². The second kappa shape index (κ2) is 11.5. The molecule has 5 nitrogen and oxygen atoms in total. The minimum atomic E-state index is -0.620. The summed E-state index contributed by atoms with van der Waals surface area (Å²) in [6.45, 7) is 6.71. The highest BCUT2D eigenvalue weighted by Gasteiger charge is 2.30. The van der Waals surface area contributed by atoms with Crippen molar-refractivity contribution in [1.29, 1.82) is 0 Å². The van der Waals surface area contributed by atoms with Crippen molar-refractivity contribution in [2.24, 2.45) is 5.92 Å². The first-order valence-electron chi connectivity index (χ1n) is 9.05. The number of likely N-dealkylation sites (N-methyl/N-ethyl adjacent to an activating group) is 1. The van der Waals surface area contributed by atoms with Gasteiger partial charge >= 0.3 is 12.1 Å². The maximum absolute atomic E-state index is 12.4. The minimum Gasteiger partial charge on any atom is -0.464 e. The smallest absolute Gasteiger partial charge is 0.410 e. The SMILES string of the molecule is CCCCCOC(=O)C(CC(C)C)N(C)C(=O)OCc1ccccc1. The van der Waals surface area contributed by atoms with Gasteiger partial charge in [0.1, 0.15) is 12.6 Å². The van der Waals surface area contributed by atoms with Gasteiger partial charge in [0.25, 0.3) is 0 Å². The number of benzene rings is 1. The molecule has 0 N–H and O–H groups in total. The Morgan fingerprint density at radius 3 is 2.36 bits per heavy atom. The number of carbonyl (C=O) groups excluding carboxylic acids is 2. The average Bonchev–Trinajstić information content (AvgIpc) is 2.61. The molecule has 0 aliphatic rings. The predicted octanol–water partition coefficient (Wildman–Crippen LogP) is 4.40. The molecule has 1 aromatic rings. The standard InChI is InChI=1S/C20H31NO4/c1-5-6-10-13-24-19(22)18(14-16(2)3)21(4)20(23)25-15-17-11-8-7-9-12-17/h7-9,11-12,16,18H,5-6,10,13-15H2,1-4H3. The van der Waals surface area contributed by atoms with Crippen molar-refractivity contribution in [3.05, 3.63) is 35.9 Å². The first-order chi connectivity index (χ1) is 12.0. The maximum atomic E-state index is 12.4. The maximum Gasteiger partial charge on any atom is 0.410 e. The number of esters is 1. The molecule has 0 spiro atoms. The van der Waals surface area contributed by atoms with Gasteiger partial charge in [-0.05, 0) is 24.3 Å². The molecule has 0 aliphatic heterocycles. The topological polar surface area (TPSA) is 55.8 Å². The highest BCUT2D eigenvalue weighted by atomic mass is 16.6. The van der Waals surface area contributed by atoms with Crippen LogP contribution in [0.1, 0.15) is 52.0 Å². The third-order valence-electron chi connectivity index (χ3n) is 3.92. The van der Waals surface area contributed by atoms with Crippen molar-refractivity contribution in [2.45, 2.75) is 59.1 Å². The molecule has 0 fully saturated rings. The van der Waals surface area contributed by atoms with E-state index in [0.29, 0.717) is 13.0 Å². The lowest BCUT2D eigenvalue weighted by molar-refractivity contribution is -0.149. The van der Waals surface area contributed by atoms with E-state index >= 15 is 0 Å². The Balaban J connectivity index is 2.59. The molecule has 140 valence electrons. The van der Waals surface area contributed by atoms with Gasteiger partial charge in [-0.2, -0.15) is 0 Å². The van der Waals surface area contributed by atoms with Gasteiger partial charge < -0.3 is 9.47 Å². The molecule has 25 heavy (non-hydrogen) atoms. The molecule has 5 heteroatoms. The summed E-state index contributed by atoms with van der Waals surface area (Å²) >= 11 is 0. The lowest BCUT2D eigenvalue weighted by atomic mass is 10.0. The van der Waals surface area contributed by atoms with Gasteiger partial charge in [0.15, 0.2) is 0 Å². The van der Waals surface area contributed by atoms with E-state index in [1.807, 2.05) is 44.2 Å². The van der Waals surface area contributed by atoms with E-state index in [1.54, 1.807) is 7.05 Å². The zero-order chi connectivity index (χ0) is 18.7. The third kappa shape index (κ3) is 8.05. The summed E-state index contributed by atoms with van der Waals surface area (Å²) < 4.78 is 10.7. The molecule has 0 bridgehead atoms. The largest absolute Gasteiger partial charge is 0.464 e. The van der Waals surface area contributed by atoms with E-state index < -0.39 is 12.1 Å². The van der Waals surface area contributed by atoms with Crippen LogP contribution in [-0.4, -0.2) is 36.7 Å². The zero-order valence-electron chi connectivity index (χ0n) is 15.9. The molecule has 0 radical (unpaired) electrons. The van der Waals surface area contributed by atoms with Crippen LogP contribution in [0.15, 0.2) is 30.3 Å². The fourth-order valence-electron chi connectivity index (χ4n) is 2.43. The minimum absolute atomic E-state index is 0.184. The van der Waals surface area contributed by atoms with Gasteiger partial charge in [-0.15, -0.1) is 0 Å². The fraction of sp³-hybridized carbons (Fsp3) is 0.600. The number of rotatable bonds is 10. The third-order valence-corrected chi connectivity index (χ3v) is 3.92. The number of ether oxygens (including phenoxy) is 2. The molecular weight excluding hydrogens is 318 g/mol. The van der Waals surface area contributed by atoms with Crippen LogP contribution in [0.5, 0.6) is 0 Å². The second-order valence-corrected chi connectivity index (χ2v) is 6.67. The van der Waals surface area contributed by atoms with E-state index in [0.717, 1.165) is 24.8 Å². The Morgan fingerprint density at radius 1 is 1.08 bits per heavy atom. The number of hydrogen-bond donors (Lipinski definition) is 0. The van der Waals surface area contributed by atoms with Gasteiger partial charge in [-0.3, -0.25) is 4.90 Å². The molecule has 1 atom stereocenters. The monoisotopic (exact) mass is 349 g/mol. The number of carbonyl (C=O) groups is 2. The highest BCUT2D eigenvalue weighted by molar-refractivity contribution is 5.81. The Hall–Kier alpha value is -2.04. The van der Waals surface area contributed by atoms with Crippen molar-refractivity contribution >= 4 is 12.1 Å². The quantitative estimate of drug-likeness (QED) is 0.464. The first-order valence-corrected chi connectivity index (χ1v) is 9.05. The normalized spacial score (nSPS) is 11.9. The van der Waals surface area contributed by atoms with Crippen LogP contribution in [0.4, 0.5) is 4.79 Å². The van der Waals surface area contributed by atoms with Gasteiger partial charge in [0.05, 0.1) is 6.61 Å². The highest BCUT2D eigenvalue weighted by Crippen LogP contribution is 2.14. The zero-order valence-corrected chi connectivity index (χ0v) is 15.9. The molecule has 1 unspecified atom stereocenters. The molecule has 0 aromatic heterocycles. The fourth-order valence-corrected chi connectivity index (χ4v) is 2.43. The lowest BCUT2D eigenvalue weighted by Gasteiger charge is -2.27. The van der Waals surface area contributed by atoms with Crippen molar-refractivity contribution in [1.82, 2.24) is 4.90 Å². The summed E-state index contributed by atoms with van der Waals surface area (Å²) in [6, 6.07) is 8.85. The summed E-state index contributed by atoms with van der Waals surface area (Å²) in [5.41, 5.74) is 0.909. The number of hydrogen-bond acceptors (Lipinski definition) is 4. The Morgan fingerprint density at radius 2 is 1.76 bits per heavy atom. The molecule has 0 saturated heterocycles. The first kappa shape index (κ1) is 21.0. The molecule has 1 aromatic carbocycles. The summed E-state index contributed by atoms with van der Waals surface area (Å²) in [4.78, 5) is 26.1. The van der Waals surface area contributed by atoms with E-state index in [-0.39, 0.29) is 18.5 Å². The van der Waals surface area contributed by atoms with E-state index in [1.165, 1.54) is 4.90 Å². The van der Waals surface area contributed by atoms with Crippen LogP contribution >= 0.6 is 0 Å². The van der Waals surface area contributed by atoms with Gasteiger partial charge in [-0.25, -0.2) is 9.59 Å². The van der Waals surface area contributed by atoms with Gasteiger partial charge in [0, 0.05) is 7.05 Å². The number of amides is 1. The molecule has 0 heterocycles. The van der Waals surface area contributed by atoms with E-state index in [4.69, 9.17) is 9.47 Å². The van der Waals surface area contributed by atoms with Crippen LogP contribution in [0.2, 0.25) is 0 Å². The molecule has 0 saturated carbocycles. The summed E-state index contributed by atoms with van der Waals surface area (Å²) in [7, 11) is 1.59. The van der Waals surface area contributed by atoms with Crippen LogP contribution in [-0.2, 0) is 20.9 Å². The number of nitrogens with zero attached hydrogens (tertiary/aromatic N) is 1. The van der Waals surface area contributed by atoms with Crippen LogP contribution in [0.3, 0.4) is 0 Å². The van der Waals surface area contributed by atoms with Crippen LogP contribution in [0.25, 0.3) is 0 Å². The lowest BCUT2D eigenvalue weighted by Crippen LogP contribution is -2.44. The van der Waals surface area contributed by atoms with Crippen molar-refractivity contribution in [2.75, 3.05) is 13.7 Å². The van der Waals surface area contributed by atoms with E-state index in [9.17, 15) is 9.59 Å². The van der Waals surface area contributed by atoms with Crippen molar-refractivity contribution < 1.29 is 19.1 Å². The van der Waals surface area contributed by atoms with Crippen molar-refractivity contribution in [3.8, 4) is 0 Å². The van der Waals surface area contributed by atoms with Gasteiger partial charge in [0.2, 0.25) is 0 Å². The number of unbranched alkanes of at least 4 members (excludes halogenated alkanes) is 2. The van der Waals surface area contributed by atoms with Gasteiger partial charge in [-0.1, -0.05) is 63.9 Å². The summed E-state index contributed by atoms with van der Waals surface area (Å²) in [6.07, 6.45) is 2.97. The van der Waals surface area contributed by atoms with E-state index in [2.05, 4.69) is 6.92 Å². The average molecular weight is 349 g/mol. The Kier molecular flexibility index (Phi) is 9.66.